The highest BCUT2D eigenvalue weighted by Crippen LogP contribution is 2.50. The first-order valence-corrected chi connectivity index (χ1v) is 42.4. The van der Waals surface area contributed by atoms with Gasteiger partial charge in [0, 0.05) is 16.7 Å². The topological polar surface area (TPSA) is 293 Å². The molecule has 2 aliphatic carbocycles. The van der Waals surface area contributed by atoms with Gasteiger partial charge in [0.25, 0.3) is 0 Å². The van der Waals surface area contributed by atoms with Crippen LogP contribution >= 0.6 is 0 Å². The number of aryl methyl sites for hydroxylation is 8. The van der Waals surface area contributed by atoms with E-state index in [1.54, 1.807) is 152 Å². The Morgan fingerprint density at radius 2 is 0.627 bits per heavy atom. The maximum Gasteiger partial charge on any atom is 0.335 e. The first kappa shape index (κ1) is 92.4. The van der Waals surface area contributed by atoms with Crippen molar-refractivity contribution in [2.24, 2.45) is 11.8 Å². The molecular formula is C111H114O15. The number of carbonyl (C=O) groups is 1. The molecule has 16 rings (SSSR count). The number of phenolic OH excluding ortho intramolecular Hbond substituents is 12. The lowest BCUT2D eigenvalue weighted by atomic mass is 9.62. The molecule has 1 atom stereocenters. The second kappa shape index (κ2) is 41.2. The highest BCUT2D eigenvalue weighted by molar-refractivity contribution is 5.87. The molecule has 13 N–H and O–H groups in total. The summed E-state index contributed by atoms with van der Waals surface area (Å²) in [6.07, 6.45) is 11.0. The molecule has 648 valence electrons. The summed E-state index contributed by atoms with van der Waals surface area (Å²) in [7, 11) is 0. The van der Waals surface area contributed by atoms with Crippen molar-refractivity contribution in [1.29, 1.82) is 0 Å². The average Bonchev–Trinajstić information content (AvgIpc) is 1.43. The fourth-order valence-corrected chi connectivity index (χ4v) is 17.2. The van der Waals surface area contributed by atoms with Crippen molar-refractivity contribution in [3.63, 3.8) is 0 Å². The van der Waals surface area contributed by atoms with Crippen LogP contribution in [0.15, 0.2) is 303 Å². The van der Waals surface area contributed by atoms with E-state index >= 15 is 0 Å². The molecule has 2 saturated carbocycles. The molecule has 0 radical (unpaired) electrons. The molecule has 0 saturated heterocycles. The second-order valence-corrected chi connectivity index (χ2v) is 33.7. The smallest absolute Gasteiger partial charge is 0.335 e. The number of aromatic hydroxyl groups is 12. The predicted octanol–water partition coefficient (Wildman–Crippen LogP) is 25.8. The van der Waals surface area contributed by atoms with Crippen molar-refractivity contribution in [3.05, 3.63) is 427 Å². The summed E-state index contributed by atoms with van der Waals surface area (Å²) in [5.74, 6) is 4.40. The molecule has 0 spiro atoms. The fourth-order valence-electron chi connectivity index (χ4n) is 17.2. The maximum atomic E-state index is 11.0. The molecule has 0 aliphatic heterocycles. The van der Waals surface area contributed by atoms with Crippen molar-refractivity contribution >= 4 is 17.1 Å². The number of benzene rings is 13. The average molecular weight is 1690 g/mol. The first-order chi connectivity index (χ1) is 60.1. The zero-order valence-corrected chi connectivity index (χ0v) is 73.1. The maximum absolute atomic E-state index is 11.0. The Balaban J connectivity index is 0.000000147. The summed E-state index contributed by atoms with van der Waals surface area (Å²) < 4.78 is 5.73. The van der Waals surface area contributed by atoms with Crippen LogP contribution in [0.4, 0.5) is 0 Å². The lowest BCUT2D eigenvalue weighted by molar-refractivity contribution is 0.0696. The Kier molecular flexibility index (Phi) is 30.3. The van der Waals surface area contributed by atoms with E-state index in [-0.39, 0.29) is 51.2 Å². The van der Waals surface area contributed by atoms with Crippen molar-refractivity contribution in [3.8, 4) is 69.0 Å². The lowest BCUT2D eigenvalue weighted by Crippen LogP contribution is -2.33. The third-order valence-electron chi connectivity index (χ3n) is 24.5. The summed E-state index contributed by atoms with van der Waals surface area (Å²) in [6.45, 7) is 28.3. The van der Waals surface area contributed by atoms with E-state index in [0.29, 0.717) is 51.9 Å². The lowest BCUT2D eigenvalue weighted by Gasteiger charge is -2.41. The molecular weight excluding hydrogens is 1570 g/mol. The van der Waals surface area contributed by atoms with E-state index < -0.39 is 5.97 Å². The minimum absolute atomic E-state index is 0.000926. The van der Waals surface area contributed by atoms with E-state index in [9.17, 15) is 66.1 Å². The van der Waals surface area contributed by atoms with Crippen LogP contribution in [0.3, 0.4) is 0 Å². The molecule has 15 heteroatoms. The van der Waals surface area contributed by atoms with Crippen LogP contribution in [0.5, 0.6) is 69.0 Å². The molecule has 13 aromatic carbocycles. The Labute approximate surface area is 739 Å². The molecule has 14 aromatic rings. The molecule has 2 aliphatic rings. The van der Waals surface area contributed by atoms with Crippen LogP contribution in [0.1, 0.15) is 210 Å². The van der Waals surface area contributed by atoms with Crippen LogP contribution < -0.4 is 0 Å². The molecule has 1 aromatic heterocycles. The van der Waals surface area contributed by atoms with Crippen molar-refractivity contribution in [1.82, 2.24) is 0 Å². The molecule has 2 fully saturated rings. The van der Waals surface area contributed by atoms with Gasteiger partial charge in [0.1, 0.15) is 74.8 Å². The highest BCUT2D eigenvalue weighted by Gasteiger charge is 2.40. The summed E-state index contributed by atoms with van der Waals surface area (Å²) in [5, 5.41) is 124. The normalized spacial score (nSPS) is 13.7. The zero-order chi connectivity index (χ0) is 90.8. The van der Waals surface area contributed by atoms with Gasteiger partial charge in [-0.15, -0.1) is 0 Å². The molecule has 1 unspecified atom stereocenters. The molecule has 126 heavy (non-hydrogen) atoms. The predicted molar refractivity (Wildman–Crippen MR) is 502 cm³/mol. The number of carboxylic acids is 1. The number of furan rings is 1. The van der Waals surface area contributed by atoms with E-state index in [1.807, 2.05) is 189 Å². The minimum Gasteiger partial charge on any atom is -0.508 e. The van der Waals surface area contributed by atoms with Crippen molar-refractivity contribution in [2.75, 3.05) is 0 Å². The fraction of sp³-hybridized carbons (Fsp3) is 0.216. The Hall–Kier alpha value is -14.3. The summed E-state index contributed by atoms with van der Waals surface area (Å²) in [4.78, 5) is 11.0. The summed E-state index contributed by atoms with van der Waals surface area (Å²) >= 11 is 0. The number of aromatic carboxylic acids is 1. The highest BCUT2D eigenvalue weighted by atomic mass is 16.4. The van der Waals surface area contributed by atoms with Gasteiger partial charge in [0.15, 0.2) is 0 Å². The summed E-state index contributed by atoms with van der Waals surface area (Å²) in [5.41, 5.74) is 23.3. The quantitative estimate of drug-likeness (QED) is 0.0425. The number of rotatable bonds is 15. The Bertz CT molecular complexity index is 5710. The largest absolute Gasteiger partial charge is 0.508 e. The van der Waals surface area contributed by atoms with E-state index in [1.165, 1.54) is 47.9 Å². The number of hydrogen-bond donors (Lipinski definition) is 13. The first-order valence-electron chi connectivity index (χ1n) is 42.4. The van der Waals surface area contributed by atoms with Crippen LogP contribution in [-0.4, -0.2) is 72.4 Å². The SMILES string of the molecule is C=C(c1cc(C)c(O)cc1C)c1cc(C)c(O)cc1C.C=C(c1ccc(O)cc1)c1ccc(O)cc1.CC1CCC(c2ccc(O)cc2)(c2ccc(O)cc2)CC1.CC1CCCC(c2ccc(O)cc2)(c2ccc(O)cc2)C1.Cc1cc(C(c2ccco2)c2cc(C)c(O)cc2C)c(C)cc1O.O=C(O)c1ccc(C(c2ccc(O)cc2)c2ccc(O)cc2)cc1. The van der Waals surface area contributed by atoms with Crippen LogP contribution in [0.25, 0.3) is 11.1 Å². The summed E-state index contributed by atoms with van der Waals surface area (Å²) in [6, 6.07) is 83.7. The monoisotopic (exact) mass is 1690 g/mol. The van der Waals surface area contributed by atoms with Gasteiger partial charge in [-0.05, 0) is 391 Å². The van der Waals surface area contributed by atoms with E-state index in [0.717, 1.165) is 143 Å². The van der Waals surface area contributed by atoms with Gasteiger partial charge in [-0.1, -0.05) is 161 Å². The van der Waals surface area contributed by atoms with Crippen LogP contribution in [0.2, 0.25) is 0 Å². The number of phenols is 12. The van der Waals surface area contributed by atoms with Gasteiger partial charge in [-0.25, -0.2) is 4.79 Å². The van der Waals surface area contributed by atoms with E-state index in [4.69, 9.17) is 9.52 Å². The zero-order valence-electron chi connectivity index (χ0n) is 73.1. The van der Waals surface area contributed by atoms with Crippen molar-refractivity contribution < 1.29 is 75.6 Å². The van der Waals surface area contributed by atoms with Gasteiger partial charge < -0.3 is 70.8 Å². The molecule has 1 heterocycles. The van der Waals surface area contributed by atoms with Crippen LogP contribution in [-0.2, 0) is 10.8 Å². The van der Waals surface area contributed by atoms with Gasteiger partial charge in [0.2, 0.25) is 0 Å². The molecule has 0 amide bonds. The Morgan fingerprint density at radius 1 is 0.325 bits per heavy atom. The van der Waals surface area contributed by atoms with Gasteiger partial charge in [0.05, 0.1) is 17.7 Å². The number of hydrogen-bond acceptors (Lipinski definition) is 14. The molecule has 15 nitrogen and oxygen atoms in total. The van der Waals surface area contributed by atoms with Crippen LogP contribution in [0, 0.1) is 67.2 Å². The number of carboxylic acid groups (broad SMARTS) is 1. The van der Waals surface area contributed by atoms with Gasteiger partial charge in [-0.3, -0.25) is 0 Å². The molecule has 0 bridgehead atoms. The van der Waals surface area contributed by atoms with Crippen molar-refractivity contribution in [2.45, 2.75) is 143 Å². The third kappa shape index (κ3) is 22.7. The Morgan fingerprint density at radius 3 is 0.952 bits per heavy atom. The standard InChI is InChI=1S/C21H22O3.C20H16O4.2C19H22O2.C18H20O2.C14H12O2/c1-12-10-18(22)14(3)8-16(12)21(20-6-5-7-24-20)17-9-15(4)19(23)11-13(17)2;21-17-9-5-14(6-10-17)19(15-7-11-18(22)12-8-15)13-1-3-16(4-2-13)20(23)24;1-14-10-12-19(13-11-14,15-2-6-17(20)7-3-15)16-4-8-18(21)9-5-16;1-14-3-2-12-19(13-14,15-4-8-17(20)9-5-15)16-6-10-18(21)11-7-16;1-10-8-17(19)12(3)6-15(10)14(5)16-7-13(4)18(20)9-11(16)2;1-10(11-2-6-13(15)7-3-11)12-4-8-14(16)9-5-12/h5-11,21-23H,1-4H3;1-12,19,21-22H,(H,23,24);2-9,14,20-21H,10-13H2,1H3;4-11,14,20-21H,2-3,12-13H2,1H3;6-9,19-20H,5H2,1-4H3;2-9,15-16H,1H2. The van der Waals surface area contributed by atoms with Gasteiger partial charge in [-0.2, -0.15) is 0 Å². The minimum atomic E-state index is -0.965. The van der Waals surface area contributed by atoms with E-state index in [2.05, 4.69) is 27.0 Å². The second-order valence-electron chi connectivity index (χ2n) is 33.7. The third-order valence-corrected chi connectivity index (χ3v) is 24.5. The van der Waals surface area contributed by atoms with Gasteiger partial charge >= 0.3 is 5.97 Å².